The molecule has 0 aromatic heterocycles. The predicted molar refractivity (Wildman–Crippen MR) is 18.0 cm³/mol. The molecule has 0 fully saturated rings. The largest absolute Gasteiger partial charge is 0.438 e. The van der Waals surface area contributed by atoms with Crippen LogP contribution >= 0.6 is 0 Å². The summed E-state index contributed by atoms with van der Waals surface area (Å²) in [6.07, 6.45) is 0. The van der Waals surface area contributed by atoms with Crippen LogP contribution in [0.2, 0.25) is 6.82 Å². The van der Waals surface area contributed by atoms with Crippen molar-refractivity contribution in [2.24, 2.45) is 5.64 Å². The maximum Gasteiger partial charge on any atom is 0.370 e. The van der Waals surface area contributed by atoms with Crippen molar-refractivity contribution in [3.63, 3.8) is 0 Å². The van der Waals surface area contributed by atoms with Gasteiger partial charge in [-0.3, -0.25) is 0 Å². The van der Waals surface area contributed by atoms with E-state index in [9.17, 15) is 0 Å². The van der Waals surface area contributed by atoms with Gasteiger partial charge in [0, 0.05) is 0 Å². The first-order chi connectivity index (χ1) is 1.73. The maximum absolute atomic E-state index is 7.83. The molecule has 0 heterocycles. The summed E-state index contributed by atoms with van der Waals surface area (Å²) < 4.78 is 0. The molecule has 0 spiro atoms. The molecule has 24 valence electrons. The molecular weight excluding hydrogens is 52.8 g/mol. The molecule has 3 heteroatoms. The highest BCUT2D eigenvalue weighted by atomic mass is 16.2. The van der Waals surface area contributed by atoms with E-state index in [0.717, 1.165) is 0 Å². The van der Waals surface area contributed by atoms with Crippen LogP contribution in [0.5, 0.6) is 0 Å². The Morgan fingerprint density at radius 1 is 2.00 bits per heavy atom. The second-order valence-electron chi connectivity index (χ2n) is 0.741. The van der Waals surface area contributed by atoms with Gasteiger partial charge in [0.2, 0.25) is 0 Å². The summed E-state index contributed by atoms with van der Waals surface area (Å²) in [5.74, 6) is 0. The van der Waals surface area contributed by atoms with Crippen molar-refractivity contribution in [3.05, 3.63) is 0 Å². The highest BCUT2D eigenvalue weighted by molar-refractivity contribution is 6.44. The fourth-order valence-corrected chi connectivity index (χ4v) is 0. The van der Waals surface area contributed by atoms with E-state index >= 15 is 0 Å². The molecule has 0 aliphatic rings. The Kier molecular flexibility index (Phi) is 1.31. The lowest BCUT2D eigenvalue weighted by atomic mass is 9.92. The SMILES string of the molecule is CB(N)O. The lowest BCUT2D eigenvalue weighted by molar-refractivity contribution is 0.581. The molecule has 0 atom stereocenters. The minimum atomic E-state index is -0.667. The molecule has 0 bridgehead atoms. The van der Waals surface area contributed by atoms with Gasteiger partial charge in [-0.05, 0) is 6.82 Å². The zero-order chi connectivity index (χ0) is 3.58. The van der Waals surface area contributed by atoms with Crippen molar-refractivity contribution in [1.29, 1.82) is 0 Å². The predicted octanol–water partition coefficient (Wildman–Crippen LogP) is -0.945. The van der Waals surface area contributed by atoms with Crippen molar-refractivity contribution in [1.82, 2.24) is 0 Å². The van der Waals surface area contributed by atoms with Gasteiger partial charge in [0.1, 0.15) is 0 Å². The molecule has 0 unspecified atom stereocenters. The highest BCUT2D eigenvalue weighted by Crippen LogP contribution is 1.43. The van der Waals surface area contributed by atoms with Crippen molar-refractivity contribution < 1.29 is 5.02 Å². The molecule has 0 radical (unpaired) electrons. The third-order valence-corrected chi connectivity index (χ3v) is 0. The van der Waals surface area contributed by atoms with Crippen molar-refractivity contribution in [2.45, 2.75) is 6.82 Å². The van der Waals surface area contributed by atoms with Crippen molar-refractivity contribution >= 4 is 7.05 Å². The van der Waals surface area contributed by atoms with Gasteiger partial charge in [0.05, 0.1) is 0 Å². The van der Waals surface area contributed by atoms with E-state index in [2.05, 4.69) is 5.64 Å². The first-order valence-corrected chi connectivity index (χ1v) is 1.17. The average Bonchev–Trinajstić information content (AvgIpc) is 0.811. The van der Waals surface area contributed by atoms with Crippen LogP contribution in [0, 0.1) is 0 Å². The van der Waals surface area contributed by atoms with E-state index in [-0.39, 0.29) is 0 Å². The molecule has 0 saturated carbocycles. The number of rotatable bonds is 0. The molecule has 0 amide bonds. The van der Waals surface area contributed by atoms with E-state index in [4.69, 9.17) is 5.02 Å². The quantitative estimate of drug-likeness (QED) is 0.353. The van der Waals surface area contributed by atoms with E-state index < -0.39 is 7.05 Å². The zero-order valence-corrected chi connectivity index (χ0v) is 2.60. The van der Waals surface area contributed by atoms with E-state index in [1.807, 2.05) is 0 Å². The summed E-state index contributed by atoms with van der Waals surface area (Å²) in [4.78, 5) is 0. The lowest BCUT2D eigenvalue weighted by Gasteiger charge is -1.72. The Bertz CT molecular complexity index is 12.8. The van der Waals surface area contributed by atoms with Crippen LogP contribution < -0.4 is 5.64 Å². The summed E-state index contributed by atoms with van der Waals surface area (Å²) in [5, 5.41) is 7.83. The summed E-state index contributed by atoms with van der Waals surface area (Å²) in [6, 6.07) is 0. The van der Waals surface area contributed by atoms with Crippen LogP contribution in [0.1, 0.15) is 0 Å². The third-order valence-electron chi connectivity index (χ3n) is 0. The fraction of sp³-hybridized carbons (Fsp3) is 1.00. The van der Waals surface area contributed by atoms with Gasteiger partial charge in [-0.15, -0.1) is 0 Å². The Hall–Kier alpha value is -0.0151. The van der Waals surface area contributed by atoms with Crippen LogP contribution in [0.4, 0.5) is 0 Å². The summed E-state index contributed by atoms with van der Waals surface area (Å²) in [6.45, 7) is 1.50. The van der Waals surface area contributed by atoms with E-state index in [0.29, 0.717) is 0 Å². The first kappa shape index (κ1) is 3.98. The molecule has 0 aromatic carbocycles. The molecule has 0 saturated heterocycles. The van der Waals surface area contributed by atoms with Gasteiger partial charge in [-0.1, -0.05) is 0 Å². The van der Waals surface area contributed by atoms with Crippen LogP contribution in [0.3, 0.4) is 0 Å². The highest BCUT2D eigenvalue weighted by Gasteiger charge is 1.82. The molecule has 3 N–H and O–H groups in total. The normalized spacial score (nSPS) is 6.75. The summed E-state index contributed by atoms with van der Waals surface area (Å²) >= 11 is 0. The topological polar surface area (TPSA) is 46.2 Å². The average molecular weight is 58.9 g/mol. The van der Waals surface area contributed by atoms with Gasteiger partial charge < -0.3 is 10.7 Å². The second-order valence-corrected chi connectivity index (χ2v) is 0.741. The first-order valence-electron chi connectivity index (χ1n) is 1.17. The van der Waals surface area contributed by atoms with E-state index in [1.54, 1.807) is 0 Å². The van der Waals surface area contributed by atoms with Crippen LogP contribution in [0.25, 0.3) is 0 Å². The number of hydrogen-bond acceptors (Lipinski definition) is 2. The van der Waals surface area contributed by atoms with Crippen LogP contribution in [-0.4, -0.2) is 12.1 Å². The summed E-state index contributed by atoms with van der Waals surface area (Å²) in [5.41, 5.74) is 4.67. The van der Waals surface area contributed by atoms with Crippen LogP contribution in [-0.2, 0) is 0 Å². The molecule has 4 heavy (non-hydrogen) atoms. The smallest absolute Gasteiger partial charge is 0.370 e. The van der Waals surface area contributed by atoms with Crippen LogP contribution in [0.15, 0.2) is 0 Å². The molecule has 2 nitrogen and oxygen atoms in total. The monoisotopic (exact) mass is 59.1 g/mol. The van der Waals surface area contributed by atoms with Crippen molar-refractivity contribution in [2.75, 3.05) is 0 Å². The molecule has 0 aliphatic heterocycles. The number of hydrogen-bond donors (Lipinski definition) is 2. The molecular formula is CH6BNO. The summed E-state index contributed by atoms with van der Waals surface area (Å²) in [7, 11) is -0.667. The van der Waals surface area contributed by atoms with Gasteiger partial charge in [0.25, 0.3) is 0 Å². The van der Waals surface area contributed by atoms with Crippen molar-refractivity contribution in [3.8, 4) is 0 Å². The van der Waals surface area contributed by atoms with Gasteiger partial charge >= 0.3 is 7.05 Å². The number of nitrogens with two attached hydrogens (primary N) is 1. The molecule has 0 aromatic rings. The molecule has 0 aliphatic carbocycles. The Morgan fingerprint density at radius 3 is 2.00 bits per heavy atom. The Morgan fingerprint density at radius 2 is 2.00 bits per heavy atom. The second kappa shape index (κ2) is 1.32. The van der Waals surface area contributed by atoms with Gasteiger partial charge in [-0.25, -0.2) is 0 Å². The Balaban J connectivity index is 2.32. The Labute approximate surface area is 25.8 Å². The van der Waals surface area contributed by atoms with E-state index in [1.165, 1.54) is 6.82 Å². The minimum absolute atomic E-state index is 0.667. The van der Waals surface area contributed by atoms with Gasteiger partial charge in [-0.2, -0.15) is 0 Å². The maximum atomic E-state index is 7.83. The molecule has 0 rings (SSSR count). The zero-order valence-electron chi connectivity index (χ0n) is 2.60. The fourth-order valence-electron chi connectivity index (χ4n) is 0. The minimum Gasteiger partial charge on any atom is -0.438 e. The van der Waals surface area contributed by atoms with Gasteiger partial charge in [0.15, 0.2) is 0 Å². The third kappa shape index (κ3) is 8480. The standard InChI is InChI=1S/CH6BNO/c1-2(3)4/h4H,3H2,1H3. The lowest BCUT2D eigenvalue weighted by Crippen LogP contribution is -2.18.